The van der Waals surface area contributed by atoms with Crippen molar-refractivity contribution >= 4 is 34.9 Å². The van der Waals surface area contributed by atoms with Crippen molar-refractivity contribution in [2.24, 2.45) is 0 Å². The topological polar surface area (TPSA) is 110 Å². The van der Waals surface area contributed by atoms with E-state index in [2.05, 4.69) is 34.1 Å². The van der Waals surface area contributed by atoms with E-state index in [9.17, 15) is 9.59 Å². The summed E-state index contributed by atoms with van der Waals surface area (Å²) in [7, 11) is 1.61. The number of rotatable bonds is 9. The van der Waals surface area contributed by atoms with Crippen LogP contribution in [-0.2, 0) is 23.7 Å². The molecule has 9 nitrogen and oxygen atoms in total. The van der Waals surface area contributed by atoms with Crippen molar-refractivity contribution in [3.8, 4) is 0 Å². The molecule has 1 saturated heterocycles. The van der Waals surface area contributed by atoms with Crippen LogP contribution in [0.3, 0.4) is 0 Å². The standard InChI is InChI=1S/C25H40IN3O6/c1-16(2)8-13-20-25(3,35-20)23-22(32-4)19(7-5-6-14-33-23)34-24(31)29-18-11-9-17(10-12-18)28-21(30)15-27-26/h7-8,17-18,20,22-23,27H,5-6,9-15H2,1-4H3,(H,28,30)(H,29,31)/b19-7+/t17-,18-,20-,22?,23?,25+/m1/s1. The number of methoxy groups -OCH3 is 1. The molecule has 1 saturated carbocycles. The number of carbonyl (C=O) groups excluding carboxylic acids is 2. The molecule has 1 aliphatic carbocycles. The van der Waals surface area contributed by atoms with Gasteiger partial charge in [0.05, 0.1) is 12.6 Å². The Morgan fingerprint density at radius 1 is 1.20 bits per heavy atom. The summed E-state index contributed by atoms with van der Waals surface area (Å²) < 4.78 is 26.7. The van der Waals surface area contributed by atoms with Crippen molar-refractivity contribution in [3.63, 3.8) is 0 Å². The number of allylic oxidation sites excluding steroid dienone is 2. The lowest BCUT2D eigenvalue weighted by atomic mass is 9.91. The van der Waals surface area contributed by atoms with Gasteiger partial charge >= 0.3 is 6.09 Å². The maximum atomic E-state index is 12.8. The van der Waals surface area contributed by atoms with E-state index in [1.807, 2.05) is 35.9 Å². The fourth-order valence-corrected chi connectivity index (χ4v) is 5.21. The number of hydrogen-bond acceptors (Lipinski definition) is 7. The van der Waals surface area contributed by atoms with Gasteiger partial charge in [-0.05, 0) is 71.8 Å². The zero-order valence-corrected chi connectivity index (χ0v) is 23.4. The first-order chi connectivity index (χ1) is 16.8. The van der Waals surface area contributed by atoms with Crippen LogP contribution < -0.4 is 14.2 Å². The van der Waals surface area contributed by atoms with Crippen LogP contribution >= 0.6 is 22.9 Å². The largest absolute Gasteiger partial charge is 0.412 e. The van der Waals surface area contributed by atoms with Crippen molar-refractivity contribution in [1.82, 2.24) is 14.2 Å². The Balaban J connectivity index is 1.55. The van der Waals surface area contributed by atoms with Crippen LogP contribution in [0, 0.1) is 0 Å². The van der Waals surface area contributed by atoms with Gasteiger partial charge < -0.3 is 29.6 Å². The Morgan fingerprint density at radius 2 is 1.89 bits per heavy atom. The number of amides is 2. The second-order valence-electron chi connectivity index (χ2n) is 9.96. The van der Waals surface area contributed by atoms with E-state index < -0.39 is 17.8 Å². The molecule has 0 radical (unpaired) electrons. The zero-order valence-electron chi connectivity index (χ0n) is 21.2. The number of carbonyl (C=O) groups is 2. The van der Waals surface area contributed by atoms with Crippen molar-refractivity contribution in [2.75, 3.05) is 20.3 Å². The molecule has 2 unspecified atom stereocenters. The minimum Gasteiger partial charge on any atom is -0.412 e. The summed E-state index contributed by atoms with van der Waals surface area (Å²) in [6.07, 6.45) is 8.34. The van der Waals surface area contributed by atoms with Gasteiger partial charge in [-0.1, -0.05) is 11.6 Å². The van der Waals surface area contributed by atoms with Crippen LogP contribution in [0.4, 0.5) is 4.79 Å². The van der Waals surface area contributed by atoms with Gasteiger partial charge in [0.2, 0.25) is 5.91 Å². The third-order valence-electron chi connectivity index (χ3n) is 6.94. The summed E-state index contributed by atoms with van der Waals surface area (Å²) >= 11 is 1.96. The van der Waals surface area contributed by atoms with Gasteiger partial charge in [-0.2, -0.15) is 0 Å². The first-order valence-corrected chi connectivity index (χ1v) is 13.6. The highest BCUT2D eigenvalue weighted by Crippen LogP contribution is 2.46. The number of epoxide rings is 1. The lowest BCUT2D eigenvalue weighted by Gasteiger charge is -2.33. The fraction of sp³-hybridized carbons (Fsp3) is 0.760. The normalized spacial score (nSPS) is 34.4. The molecule has 0 aromatic carbocycles. The quantitative estimate of drug-likeness (QED) is 0.159. The highest BCUT2D eigenvalue weighted by molar-refractivity contribution is 14.1. The average molecular weight is 606 g/mol. The van der Waals surface area contributed by atoms with Gasteiger partial charge in [-0.3, -0.25) is 8.32 Å². The number of hydrogen-bond donors (Lipinski definition) is 3. The predicted molar refractivity (Wildman–Crippen MR) is 141 cm³/mol. The molecule has 0 aromatic rings. The maximum absolute atomic E-state index is 12.8. The van der Waals surface area contributed by atoms with E-state index in [4.69, 9.17) is 18.9 Å². The van der Waals surface area contributed by atoms with Crippen molar-refractivity contribution in [1.29, 1.82) is 0 Å². The number of ether oxygens (including phenoxy) is 4. The van der Waals surface area contributed by atoms with Gasteiger partial charge in [0.15, 0.2) is 0 Å². The van der Waals surface area contributed by atoms with Crippen molar-refractivity contribution < 1.29 is 28.5 Å². The molecule has 2 aliphatic heterocycles. The molecule has 0 bridgehead atoms. The van der Waals surface area contributed by atoms with Gasteiger partial charge in [0.25, 0.3) is 0 Å². The average Bonchev–Trinajstić information content (AvgIpc) is 3.46. The number of alkyl carbamates (subject to hydrolysis) is 1. The number of halogens is 1. The Labute approximate surface area is 222 Å². The molecular weight excluding hydrogens is 565 g/mol. The molecule has 2 amide bonds. The van der Waals surface area contributed by atoms with Crippen molar-refractivity contribution in [2.45, 2.75) is 102 Å². The van der Waals surface area contributed by atoms with Crippen LogP contribution in [0.1, 0.15) is 65.7 Å². The molecular formula is C25H40IN3O6. The first-order valence-electron chi connectivity index (χ1n) is 12.5. The fourth-order valence-electron chi connectivity index (χ4n) is 4.87. The Kier molecular flexibility index (Phi) is 10.8. The SMILES string of the molecule is COC1/C(OC(=O)N[C@H]2CC[C@H](NC(=O)CNI)CC2)=C\CCCOC1[C@@]1(C)O[C@@H]1CC=C(C)C. The summed E-state index contributed by atoms with van der Waals surface area (Å²) in [6.45, 7) is 7.08. The second-order valence-corrected chi connectivity index (χ2v) is 10.7. The van der Waals surface area contributed by atoms with Crippen LogP contribution in [-0.4, -0.2) is 68.3 Å². The summed E-state index contributed by atoms with van der Waals surface area (Å²) in [5.41, 5.74) is 0.748. The van der Waals surface area contributed by atoms with Crippen LogP contribution in [0.5, 0.6) is 0 Å². The van der Waals surface area contributed by atoms with Crippen LogP contribution in [0.15, 0.2) is 23.5 Å². The molecule has 2 fully saturated rings. The van der Waals surface area contributed by atoms with Crippen LogP contribution in [0.25, 0.3) is 0 Å². The maximum Gasteiger partial charge on any atom is 0.412 e. The summed E-state index contributed by atoms with van der Waals surface area (Å²) in [5, 5.41) is 6.02. The van der Waals surface area contributed by atoms with E-state index in [0.717, 1.165) is 44.9 Å². The van der Waals surface area contributed by atoms with E-state index >= 15 is 0 Å². The summed E-state index contributed by atoms with van der Waals surface area (Å²) in [4.78, 5) is 24.6. The molecule has 4 atom stereocenters. The van der Waals surface area contributed by atoms with Gasteiger partial charge in [-0.25, -0.2) is 4.79 Å². The van der Waals surface area contributed by atoms with Crippen LogP contribution in [0.2, 0.25) is 0 Å². The predicted octanol–water partition coefficient (Wildman–Crippen LogP) is 3.67. The minimum atomic E-state index is -0.541. The van der Waals surface area contributed by atoms with E-state index in [0.29, 0.717) is 18.9 Å². The molecule has 0 spiro atoms. The molecule has 3 rings (SSSR count). The zero-order chi connectivity index (χ0) is 25.4. The highest BCUT2D eigenvalue weighted by Gasteiger charge is 2.61. The molecule has 35 heavy (non-hydrogen) atoms. The molecule has 10 heteroatoms. The first kappa shape index (κ1) is 28.4. The van der Waals surface area contributed by atoms with Crippen molar-refractivity contribution in [3.05, 3.63) is 23.5 Å². The minimum absolute atomic E-state index is 0.00903. The van der Waals surface area contributed by atoms with E-state index in [1.165, 1.54) is 5.57 Å². The number of nitrogens with one attached hydrogen (secondary N) is 3. The molecule has 3 N–H and O–H groups in total. The lowest BCUT2D eigenvalue weighted by Crippen LogP contribution is -2.47. The molecule has 198 valence electrons. The third-order valence-corrected chi connectivity index (χ3v) is 7.32. The molecule has 3 aliphatic rings. The van der Waals surface area contributed by atoms with E-state index in [1.54, 1.807) is 7.11 Å². The third kappa shape index (κ3) is 8.14. The molecule has 2 heterocycles. The van der Waals surface area contributed by atoms with Gasteiger partial charge in [0.1, 0.15) is 23.6 Å². The second kappa shape index (κ2) is 13.4. The monoisotopic (exact) mass is 605 g/mol. The summed E-state index contributed by atoms with van der Waals surface area (Å²) in [6, 6.07) is 0.155. The van der Waals surface area contributed by atoms with E-state index in [-0.39, 0.29) is 30.2 Å². The van der Waals surface area contributed by atoms with Gasteiger partial charge in [0, 0.05) is 48.7 Å². The Morgan fingerprint density at radius 3 is 2.51 bits per heavy atom. The smallest absolute Gasteiger partial charge is 0.412 e. The lowest BCUT2D eigenvalue weighted by molar-refractivity contribution is -0.120. The molecule has 0 aromatic heterocycles. The highest BCUT2D eigenvalue weighted by atomic mass is 127. The Bertz CT molecular complexity index is 794. The summed E-state index contributed by atoms with van der Waals surface area (Å²) in [5.74, 6) is 0.463. The Hall–Kier alpha value is -1.21. The van der Waals surface area contributed by atoms with Gasteiger partial charge in [-0.15, -0.1) is 0 Å².